The van der Waals surface area contributed by atoms with Gasteiger partial charge in [-0.15, -0.1) is 11.3 Å². The van der Waals surface area contributed by atoms with E-state index in [1.165, 1.54) is 16.9 Å². The molecule has 0 bridgehead atoms. The highest BCUT2D eigenvalue weighted by molar-refractivity contribution is 7.16. The fraction of sp³-hybridized carbons (Fsp3) is 0.231. The van der Waals surface area contributed by atoms with Gasteiger partial charge >= 0.3 is 0 Å². The lowest BCUT2D eigenvalue weighted by atomic mass is 10.1. The maximum absolute atomic E-state index is 10.5. The summed E-state index contributed by atoms with van der Waals surface area (Å²) in [6.45, 7) is 2.13. The molecule has 1 heterocycles. The van der Waals surface area contributed by atoms with E-state index in [1.807, 2.05) is 12.1 Å². The van der Waals surface area contributed by atoms with Crippen LogP contribution >= 0.6 is 11.3 Å². The van der Waals surface area contributed by atoms with Crippen LogP contribution in [0, 0.1) is 0 Å². The molecule has 0 aliphatic rings. The molecule has 0 unspecified atom stereocenters. The van der Waals surface area contributed by atoms with E-state index in [0.717, 1.165) is 23.3 Å². The second-order valence-electron chi connectivity index (χ2n) is 3.24. The van der Waals surface area contributed by atoms with Crippen molar-refractivity contribution in [2.45, 2.75) is 20.8 Å². The number of hydrogen-bond donors (Lipinski definition) is 0. The minimum Gasteiger partial charge on any atom is -0.297 e. The standard InChI is InChI=1S/C12H11NOS.CH4/c1-2-9-3-5-10(6-4-9)12-13-7-11(8-14)15-12;/h3-8H,2H2,1H3;1H4. The number of hydrogen-bond acceptors (Lipinski definition) is 3. The quantitative estimate of drug-likeness (QED) is 0.754. The fourth-order valence-corrected chi connectivity index (χ4v) is 2.09. The number of aldehydes is 1. The molecular formula is C13H15NOS. The van der Waals surface area contributed by atoms with Crippen molar-refractivity contribution in [3.63, 3.8) is 0 Å². The van der Waals surface area contributed by atoms with Crippen LogP contribution in [0.2, 0.25) is 0 Å². The normalized spacial score (nSPS) is 9.56. The van der Waals surface area contributed by atoms with E-state index in [1.54, 1.807) is 6.20 Å². The van der Waals surface area contributed by atoms with Crippen LogP contribution < -0.4 is 0 Å². The van der Waals surface area contributed by atoms with Crippen LogP contribution in [-0.4, -0.2) is 11.3 Å². The number of aryl methyl sites for hydroxylation is 1. The van der Waals surface area contributed by atoms with Gasteiger partial charge in [0.15, 0.2) is 6.29 Å². The maximum atomic E-state index is 10.5. The molecule has 0 aliphatic heterocycles. The van der Waals surface area contributed by atoms with Crippen LogP contribution in [0.5, 0.6) is 0 Å². The summed E-state index contributed by atoms with van der Waals surface area (Å²) in [7, 11) is 0. The highest BCUT2D eigenvalue weighted by Gasteiger charge is 2.03. The van der Waals surface area contributed by atoms with Gasteiger partial charge in [-0.3, -0.25) is 4.79 Å². The maximum Gasteiger partial charge on any atom is 0.161 e. The molecule has 2 nitrogen and oxygen atoms in total. The van der Waals surface area contributed by atoms with Crippen molar-refractivity contribution in [1.29, 1.82) is 0 Å². The molecule has 0 saturated carbocycles. The topological polar surface area (TPSA) is 30.0 Å². The first-order chi connectivity index (χ1) is 7.33. The second-order valence-corrected chi connectivity index (χ2v) is 4.30. The predicted octanol–water partition coefficient (Wildman–Crippen LogP) is 3.82. The first kappa shape index (κ1) is 12.6. The van der Waals surface area contributed by atoms with Gasteiger partial charge in [0.25, 0.3) is 0 Å². The van der Waals surface area contributed by atoms with Crippen LogP contribution in [0.4, 0.5) is 0 Å². The lowest BCUT2D eigenvalue weighted by Gasteiger charge is -1.98. The van der Waals surface area contributed by atoms with Gasteiger partial charge in [-0.2, -0.15) is 0 Å². The molecule has 0 N–H and O–H groups in total. The molecule has 0 fully saturated rings. The van der Waals surface area contributed by atoms with E-state index in [2.05, 4.69) is 24.0 Å². The smallest absolute Gasteiger partial charge is 0.161 e. The summed E-state index contributed by atoms with van der Waals surface area (Å²) in [5, 5.41) is 0.903. The van der Waals surface area contributed by atoms with Crippen LogP contribution in [0.25, 0.3) is 10.6 Å². The number of benzene rings is 1. The summed E-state index contributed by atoms with van der Waals surface area (Å²) >= 11 is 1.42. The average molecular weight is 233 g/mol. The van der Waals surface area contributed by atoms with Gasteiger partial charge in [-0.1, -0.05) is 38.6 Å². The summed E-state index contributed by atoms with van der Waals surface area (Å²) < 4.78 is 0. The molecule has 0 saturated heterocycles. The number of rotatable bonds is 3. The molecule has 2 aromatic rings. The Morgan fingerprint density at radius 2 is 2.00 bits per heavy atom. The van der Waals surface area contributed by atoms with E-state index in [9.17, 15) is 4.79 Å². The molecule has 2 rings (SSSR count). The van der Waals surface area contributed by atoms with E-state index >= 15 is 0 Å². The van der Waals surface area contributed by atoms with Crippen molar-refractivity contribution in [3.05, 3.63) is 40.9 Å². The van der Waals surface area contributed by atoms with Gasteiger partial charge in [-0.05, 0) is 12.0 Å². The third-order valence-electron chi connectivity index (χ3n) is 2.25. The molecule has 1 aromatic heterocycles. The lowest BCUT2D eigenvalue weighted by molar-refractivity contribution is 0.112. The first-order valence-electron chi connectivity index (χ1n) is 4.84. The monoisotopic (exact) mass is 233 g/mol. The molecule has 1 aromatic carbocycles. The second kappa shape index (κ2) is 5.56. The van der Waals surface area contributed by atoms with Crippen LogP contribution in [-0.2, 0) is 6.42 Å². The summed E-state index contributed by atoms with van der Waals surface area (Å²) in [5.74, 6) is 0. The van der Waals surface area contributed by atoms with E-state index < -0.39 is 0 Å². The Bertz CT molecular complexity index is 459. The van der Waals surface area contributed by atoms with E-state index in [4.69, 9.17) is 0 Å². The molecule has 0 radical (unpaired) electrons. The van der Waals surface area contributed by atoms with Gasteiger partial charge in [-0.25, -0.2) is 4.98 Å². The molecular weight excluding hydrogens is 218 g/mol. The van der Waals surface area contributed by atoms with Crippen molar-refractivity contribution in [1.82, 2.24) is 4.98 Å². The summed E-state index contributed by atoms with van der Waals surface area (Å²) in [6, 6.07) is 8.28. The molecule has 16 heavy (non-hydrogen) atoms. The van der Waals surface area contributed by atoms with Crippen LogP contribution in [0.3, 0.4) is 0 Å². The number of aromatic nitrogens is 1. The van der Waals surface area contributed by atoms with Gasteiger partial charge in [0.1, 0.15) is 5.01 Å². The zero-order valence-corrected chi connectivity index (χ0v) is 9.25. The average Bonchev–Trinajstić information content (AvgIpc) is 2.78. The van der Waals surface area contributed by atoms with Crippen molar-refractivity contribution in [3.8, 4) is 10.6 Å². The SMILES string of the molecule is C.CCc1ccc(-c2ncc(C=O)s2)cc1. The zero-order valence-electron chi connectivity index (χ0n) is 8.43. The zero-order chi connectivity index (χ0) is 10.7. The molecule has 0 amide bonds. The Hall–Kier alpha value is -1.48. The number of thiazole rings is 1. The predicted molar refractivity (Wildman–Crippen MR) is 69.0 cm³/mol. The van der Waals surface area contributed by atoms with Crippen molar-refractivity contribution >= 4 is 17.6 Å². The minimum absolute atomic E-state index is 0. The number of nitrogens with zero attached hydrogens (tertiary/aromatic N) is 1. The third-order valence-corrected chi connectivity index (χ3v) is 3.22. The number of carbonyl (C=O) groups excluding carboxylic acids is 1. The van der Waals surface area contributed by atoms with Crippen LogP contribution in [0.15, 0.2) is 30.5 Å². The van der Waals surface area contributed by atoms with Gasteiger partial charge < -0.3 is 0 Å². The molecule has 0 aliphatic carbocycles. The van der Waals surface area contributed by atoms with Gasteiger partial charge in [0.05, 0.1) is 4.88 Å². The minimum atomic E-state index is 0. The van der Waals surface area contributed by atoms with Gasteiger partial charge in [0.2, 0.25) is 0 Å². The summed E-state index contributed by atoms with van der Waals surface area (Å²) in [6.07, 6.45) is 3.49. The molecule has 3 heteroatoms. The molecule has 0 atom stereocenters. The van der Waals surface area contributed by atoms with E-state index in [-0.39, 0.29) is 7.43 Å². The van der Waals surface area contributed by atoms with Gasteiger partial charge in [0, 0.05) is 11.8 Å². The Labute approximate surface area is 100.0 Å². The summed E-state index contributed by atoms with van der Waals surface area (Å²) in [5.41, 5.74) is 2.39. The van der Waals surface area contributed by atoms with Crippen molar-refractivity contribution in [2.75, 3.05) is 0 Å². The lowest BCUT2D eigenvalue weighted by Crippen LogP contribution is -1.79. The van der Waals surface area contributed by atoms with Crippen LogP contribution in [0.1, 0.15) is 29.6 Å². The van der Waals surface area contributed by atoms with Crippen molar-refractivity contribution < 1.29 is 4.79 Å². The largest absolute Gasteiger partial charge is 0.297 e. The first-order valence-corrected chi connectivity index (χ1v) is 5.65. The number of carbonyl (C=O) groups is 1. The molecule has 84 valence electrons. The Kier molecular flexibility index (Phi) is 4.38. The van der Waals surface area contributed by atoms with E-state index in [0.29, 0.717) is 4.88 Å². The Morgan fingerprint density at radius 1 is 1.31 bits per heavy atom. The summed E-state index contributed by atoms with van der Waals surface area (Å²) in [4.78, 5) is 15.4. The Morgan fingerprint density at radius 3 is 2.50 bits per heavy atom. The highest BCUT2D eigenvalue weighted by Crippen LogP contribution is 2.24. The highest BCUT2D eigenvalue weighted by atomic mass is 32.1. The van der Waals surface area contributed by atoms with Crippen molar-refractivity contribution in [2.24, 2.45) is 0 Å². The fourth-order valence-electron chi connectivity index (χ4n) is 1.36. The Balaban J connectivity index is 0.00000128. The third kappa shape index (κ3) is 2.55. The molecule has 0 spiro atoms.